The lowest BCUT2D eigenvalue weighted by Crippen LogP contribution is -2.11. The molecule has 2 aromatic rings. The van der Waals surface area contributed by atoms with Crippen LogP contribution in [0.1, 0.15) is 18.1 Å². The largest absolute Gasteiger partial charge is 0.489 e. The fourth-order valence-corrected chi connectivity index (χ4v) is 1.98. The second kappa shape index (κ2) is 8.85. The number of rotatable bonds is 6. The van der Waals surface area contributed by atoms with Crippen LogP contribution in [-0.4, -0.2) is 6.54 Å². The minimum atomic E-state index is 0. The van der Waals surface area contributed by atoms with Gasteiger partial charge in [0.1, 0.15) is 12.4 Å². The summed E-state index contributed by atoms with van der Waals surface area (Å²) in [6.45, 7) is 4.41. The lowest BCUT2D eigenvalue weighted by molar-refractivity contribution is 0.306. The van der Waals surface area contributed by atoms with E-state index in [1.54, 1.807) is 0 Å². The van der Waals surface area contributed by atoms with Crippen LogP contribution >= 0.6 is 24.0 Å². The molecule has 0 atom stereocenters. The van der Waals surface area contributed by atoms with Crippen LogP contribution in [0.15, 0.2) is 48.5 Å². The van der Waals surface area contributed by atoms with E-state index in [1.807, 2.05) is 36.4 Å². The SMILES string of the molecule is CCNCc1cccc(OCc2ccccc2Cl)c1.Cl. The minimum absolute atomic E-state index is 0. The molecule has 2 aromatic carbocycles. The van der Waals surface area contributed by atoms with E-state index in [1.165, 1.54) is 5.56 Å². The second-order valence-corrected chi connectivity index (χ2v) is 4.72. The molecule has 20 heavy (non-hydrogen) atoms. The van der Waals surface area contributed by atoms with Crippen molar-refractivity contribution in [1.29, 1.82) is 0 Å². The topological polar surface area (TPSA) is 21.3 Å². The molecule has 0 bridgehead atoms. The lowest BCUT2D eigenvalue weighted by atomic mass is 10.2. The summed E-state index contributed by atoms with van der Waals surface area (Å²) in [5, 5.41) is 4.04. The first-order chi connectivity index (χ1) is 9.29. The lowest BCUT2D eigenvalue weighted by Gasteiger charge is -2.09. The highest BCUT2D eigenvalue weighted by molar-refractivity contribution is 6.31. The summed E-state index contributed by atoms with van der Waals surface area (Å²) in [6.07, 6.45) is 0. The van der Waals surface area contributed by atoms with Crippen molar-refractivity contribution >= 4 is 24.0 Å². The van der Waals surface area contributed by atoms with Crippen molar-refractivity contribution in [3.63, 3.8) is 0 Å². The second-order valence-electron chi connectivity index (χ2n) is 4.31. The summed E-state index contributed by atoms with van der Waals surface area (Å²) in [4.78, 5) is 0. The molecule has 1 N–H and O–H groups in total. The molecule has 0 aliphatic carbocycles. The van der Waals surface area contributed by atoms with E-state index in [0.717, 1.165) is 29.4 Å². The Bertz CT molecular complexity index is 531. The van der Waals surface area contributed by atoms with Crippen LogP contribution in [0.5, 0.6) is 5.75 Å². The molecule has 0 aliphatic heterocycles. The molecule has 0 aromatic heterocycles. The molecular formula is C16H19Cl2NO. The average molecular weight is 312 g/mol. The van der Waals surface area contributed by atoms with Crippen molar-refractivity contribution in [2.45, 2.75) is 20.1 Å². The van der Waals surface area contributed by atoms with Gasteiger partial charge in [-0.05, 0) is 30.3 Å². The molecular weight excluding hydrogens is 293 g/mol. The molecule has 0 aliphatic rings. The van der Waals surface area contributed by atoms with Gasteiger partial charge in [0.15, 0.2) is 0 Å². The molecule has 0 unspecified atom stereocenters. The van der Waals surface area contributed by atoms with E-state index in [9.17, 15) is 0 Å². The van der Waals surface area contributed by atoms with E-state index in [2.05, 4.69) is 24.4 Å². The van der Waals surface area contributed by atoms with E-state index in [0.29, 0.717) is 6.61 Å². The quantitative estimate of drug-likeness (QED) is 0.851. The predicted octanol–water partition coefficient (Wildman–Crippen LogP) is 4.45. The number of halogens is 2. The average Bonchev–Trinajstić information content (AvgIpc) is 2.45. The number of nitrogens with one attached hydrogen (secondary N) is 1. The summed E-state index contributed by atoms with van der Waals surface area (Å²) in [6, 6.07) is 15.9. The molecule has 4 heteroatoms. The van der Waals surface area contributed by atoms with E-state index >= 15 is 0 Å². The number of hydrogen-bond donors (Lipinski definition) is 1. The first-order valence-electron chi connectivity index (χ1n) is 6.45. The highest BCUT2D eigenvalue weighted by atomic mass is 35.5. The van der Waals surface area contributed by atoms with Crippen LogP contribution in [0, 0.1) is 0 Å². The molecule has 0 saturated heterocycles. The van der Waals surface area contributed by atoms with Crippen LogP contribution in [0.25, 0.3) is 0 Å². The summed E-state index contributed by atoms with van der Waals surface area (Å²) >= 11 is 6.10. The molecule has 0 radical (unpaired) electrons. The van der Waals surface area contributed by atoms with Gasteiger partial charge in [0.25, 0.3) is 0 Å². The van der Waals surface area contributed by atoms with Crippen LogP contribution in [0.2, 0.25) is 5.02 Å². The highest BCUT2D eigenvalue weighted by Crippen LogP contribution is 2.19. The first kappa shape index (κ1) is 16.8. The van der Waals surface area contributed by atoms with Gasteiger partial charge in [0, 0.05) is 17.1 Å². The Hall–Kier alpha value is -1.22. The molecule has 0 saturated carbocycles. The third-order valence-electron chi connectivity index (χ3n) is 2.83. The monoisotopic (exact) mass is 311 g/mol. The van der Waals surface area contributed by atoms with Gasteiger partial charge in [0.2, 0.25) is 0 Å². The summed E-state index contributed by atoms with van der Waals surface area (Å²) in [7, 11) is 0. The standard InChI is InChI=1S/C16H18ClNO.ClH/c1-2-18-11-13-6-5-8-15(10-13)19-12-14-7-3-4-9-16(14)17;/h3-10,18H,2,11-12H2,1H3;1H. The number of hydrogen-bond acceptors (Lipinski definition) is 2. The summed E-state index contributed by atoms with van der Waals surface area (Å²) < 4.78 is 5.78. The van der Waals surface area contributed by atoms with Crippen molar-refractivity contribution in [1.82, 2.24) is 5.32 Å². The summed E-state index contributed by atoms with van der Waals surface area (Å²) in [5.41, 5.74) is 2.22. The zero-order valence-corrected chi connectivity index (χ0v) is 13.0. The third kappa shape index (κ3) is 5.04. The van der Waals surface area contributed by atoms with Crippen molar-refractivity contribution in [2.75, 3.05) is 6.54 Å². The Balaban J connectivity index is 0.00000200. The molecule has 108 valence electrons. The Kier molecular flexibility index (Phi) is 7.45. The maximum Gasteiger partial charge on any atom is 0.120 e. The molecule has 2 nitrogen and oxygen atoms in total. The van der Waals surface area contributed by atoms with Crippen LogP contribution < -0.4 is 10.1 Å². The van der Waals surface area contributed by atoms with Gasteiger partial charge in [-0.15, -0.1) is 12.4 Å². The van der Waals surface area contributed by atoms with E-state index in [4.69, 9.17) is 16.3 Å². The zero-order chi connectivity index (χ0) is 13.5. The molecule has 0 heterocycles. The first-order valence-corrected chi connectivity index (χ1v) is 6.83. The summed E-state index contributed by atoms with van der Waals surface area (Å²) in [5.74, 6) is 0.871. The fraction of sp³-hybridized carbons (Fsp3) is 0.250. The van der Waals surface area contributed by atoms with E-state index in [-0.39, 0.29) is 12.4 Å². The van der Waals surface area contributed by atoms with Crippen LogP contribution in [0.4, 0.5) is 0 Å². The smallest absolute Gasteiger partial charge is 0.120 e. The normalized spacial score (nSPS) is 9.90. The van der Waals surface area contributed by atoms with Gasteiger partial charge in [-0.1, -0.05) is 48.9 Å². The van der Waals surface area contributed by atoms with Crippen molar-refractivity contribution in [3.05, 3.63) is 64.7 Å². The van der Waals surface area contributed by atoms with E-state index < -0.39 is 0 Å². The van der Waals surface area contributed by atoms with Gasteiger partial charge in [0.05, 0.1) is 0 Å². The van der Waals surface area contributed by atoms with Crippen LogP contribution in [0.3, 0.4) is 0 Å². The Morgan fingerprint density at radius 3 is 2.65 bits per heavy atom. The van der Waals surface area contributed by atoms with Crippen molar-refractivity contribution < 1.29 is 4.74 Å². The van der Waals surface area contributed by atoms with Gasteiger partial charge in [-0.25, -0.2) is 0 Å². The van der Waals surface area contributed by atoms with Gasteiger partial charge >= 0.3 is 0 Å². The molecule has 0 fully saturated rings. The van der Waals surface area contributed by atoms with Crippen molar-refractivity contribution in [2.24, 2.45) is 0 Å². The van der Waals surface area contributed by atoms with Gasteiger partial charge in [-0.2, -0.15) is 0 Å². The fourth-order valence-electron chi connectivity index (χ4n) is 1.79. The third-order valence-corrected chi connectivity index (χ3v) is 3.20. The van der Waals surface area contributed by atoms with Gasteiger partial charge in [-0.3, -0.25) is 0 Å². The molecule has 0 amide bonds. The van der Waals surface area contributed by atoms with Crippen LogP contribution in [-0.2, 0) is 13.2 Å². The number of ether oxygens (including phenoxy) is 1. The Morgan fingerprint density at radius 1 is 1.10 bits per heavy atom. The Labute approximate surface area is 131 Å². The zero-order valence-electron chi connectivity index (χ0n) is 11.4. The number of benzene rings is 2. The maximum atomic E-state index is 6.10. The minimum Gasteiger partial charge on any atom is -0.489 e. The molecule has 2 rings (SSSR count). The highest BCUT2D eigenvalue weighted by Gasteiger charge is 2.01. The van der Waals surface area contributed by atoms with Gasteiger partial charge < -0.3 is 10.1 Å². The molecule has 0 spiro atoms. The Morgan fingerprint density at radius 2 is 1.90 bits per heavy atom. The maximum absolute atomic E-state index is 6.10. The van der Waals surface area contributed by atoms with Crippen molar-refractivity contribution in [3.8, 4) is 5.75 Å². The predicted molar refractivity (Wildman–Crippen MR) is 86.9 cm³/mol.